The molecule has 0 fully saturated rings. The molecule has 2 atom stereocenters. The predicted octanol–water partition coefficient (Wildman–Crippen LogP) is 3.05. The summed E-state index contributed by atoms with van der Waals surface area (Å²) in [6.45, 7) is 5.01. The highest BCUT2D eigenvalue weighted by atomic mass is 16.6. The second kappa shape index (κ2) is 8.58. The standard InChI is InChI=1S/C21H24N2O4/c1-3-14(2)19(15-7-5-4-6-8-15)21(25)23-22-20(24)16-9-10-17-18(13-16)27-12-11-26-17/h4-10,13-14,19H,3,11-12H2,1-2H3,(H,22,24)(H,23,25). The summed E-state index contributed by atoms with van der Waals surface area (Å²) in [5, 5.41) is 0. The van der Waals surface area contributed by atoms with Crippen LogP contribution in [0.3, 0.4) is 0 Å². The van der Waals surface area contributed by atoms with E-state index in [2.05, 4.69) is 10.9 Å². The average molecular weight is 368 g/mol. The molecule has 1 aliphatic heterocycles. The van der Waals surface area contributed by atoms with Crippen LogP contribution in [0.15, 0.2) is 48.5 Å². The van der Waals surface area contributed by atoms with E-state index in [1.54, 1.807) is 18.2 Å². The van der Waals surface area contributed by atoms with Crippen molar-refractivity contribution in [2.45, 2.75) is 26.2 Å². The van der Waals surface area contributed by atoms with Gasteiger partial charge in [-0.25, -0.2) is 0 Å². The lowest BCUT2D eigenvalue weighted by atomic mass is 9.85. The Morgan fingerprint density at radius 1 is 1.00 bits per heavy atom. The molecule has 1 aliphatic rings. The molecule has 2 amide bonds. The van der Waals surface area contributed by atoms with Crippen LogP contribution < -0.4 is 20.3 Å². The van der Waals surface area contributed by atoms with Crippen molar-refractivity contribution in [2.75, 3.05) is 13.2 Å². The van der Waals surface area contributed by atoms with E-state index in [9.17, 15) is 9.59 Å². The van der Waals surface area contributed by atoms with Crippen LogP contribution in [0.25, 0.3) is 0 Å². The number of carbonyl (C=O) groups excluding carboxylic acids is 2. The molecule has 0 aliphatic carbocycles. The third-order valence-electron chi connectivity index (χ3n) is 4.76. The largest absolute Gasteiger partial charge is 0.486 e. The molecule has 6 nitrogen and oxygen atoms in total. The first-order chi connectivity index (χ1) is 13.1. The fourth-order valence-electron chi connectivity index (χ4n) is 3.09. The lowest BCUT2D eigenvalue weighted by molar-refractivity contribution is -0.124. The number of fused-ring (bicyclic) bond motifs is 1. The van der Waals surface area contributed by atoms with Gasteiger partial charge in [-0.15, -0.1) is 0 Å². The minimum Gasteiger partial charge on any atom is -0.486 e. The van der Waals surface area contributed by atoms with Crippen molar-refractivity contribution in [1.29, 1.82) is 0 Å². The van der Waals surface area contributed by atoms with E-state index in [4.69, 9.17) is 9.47 Å². The lowest BCUT2D eigenvalue weighted by Gasteiger charge is -2.23. The zero-order valence-corrected chi connectivity index (χ0v) is 15.5. The molecule has 0 saturated carbocycles. The SMILES string of the molecule is CCC(C)C(C(=O)NNC(=O)c1ccc2c(c1)OCCO2)c1ccccc1. The second-order valence-electron chi connectivity index (χ2n) is 6.58. The average Bonchev–Trinajstić information content (AvgIpc) is 2.72. The maximum Gasteiger partial charge on any atom is 0.269 e. The van der Waals surface area contributed by atoms with Crippen LogP contribution in [-0.4, -0.2) is 25.0 Å². The van der Waals surface area contributed by atoms with Crippen LogP contribution >= 0.6 is 0 Å². The molecule has 6 heteroatoms. The molecule has 2 aromatic rings. The van der Waals surface area contributed by atoms with E-state index in [0.29, 0.717) is 30.3 Å². The minimum absolute atomic E-state index is 0.138. The van der Waals surface area contributed by atoms with Gasteiger partial charge in [0, 0.05) is 5.56 Å². The summed E-state index contributed by atoms with van der Waals surface area (Å²) < 4.78 is 10.9. The van der Waals surface area contributed by atoms with Gasteiger partial charge in [-0.2, -0.15) is 0 Å². The molecule has 0 spiro atoms. The molecule has 0 saturated heterocycles. The van der Waals surface area contributed by atoms with E-state index >= 15 is 0 Å². The third-order valence-corrected chi connectivity index (χ3v) is 4.76. The summed E-state index contributed by atoms with van der Waals surface area (Å²) in [4.78, 5) is 25.2. The topological polar surface area (TPSA) is 76.7 Å². The highest BCUT2D eigenvalue weighted by Crippen LogP contribution is 2.30. The molecule has 1 heterocycles. The number of amides is 2. The molecule has 2 N–H and O–H groups in total. The fraction of sp³-hybridized carbons (Fsp3) is 0.333. The van der Waals surface area contributed by atoms with Gasteiger partial charge in [-0.05, 0) is 29.7 Å². The molecule has 142 valence electrons. The van der Waals surface area contributed by atoms with E-state index in [1.165, 1.54) is 0 Å². The second-order valence-corrected chi connectivity index (χ2v) is 6.58. The zero-order chi connectivity index (χ0) is 19.2. The number of hydrogen-bond donors (Lipinski definition) is 2. The van der Waals surface area contributed by atoms with Crippen molar-refractivity contribution in [3.8, 4) is 11.5 Å². The predicted molar refractivity (Wildman–Crippen MR) is 102 cm³/mol. The molecular formula is C21H24N2O4. The number of nitrogens with one attached hydrogen (secondary N) is 2. The number of hydrogen-bond acceptors (Lipinski definition) is 4. The first-order valence-electron chi connectivity index (χ1n) is 9.15. The Morgan fingerprint density at radius 3 is 2.41 bits per heavy atom. The maximum atomic E-state index is 12.7. The van der Waals surface area contributed by atoms with Crippen molar-refractivity contribution in [1.82, 2.24) is 10.9 Å². The van der Waals surface area contributed by atoms with Gasteiger partial charge in [0.25, 0.3) is 5.91 Å². The van der Waals surface area contributed by atoms with Gasteiger partial charge in [-0.3, -0.25) is 20.4 Å². The Hall–Kier alpha value is -3.02. The quantitative estimate of drug-likeness (QED) is 0.796. The van der Waals surface area contributed by atoms with E-state index in [0.717, 1.165) is 12.0 Å². The molecule has 2 aromatic carbocycles. The Labute approximate surface area is 158 Å². The van der Waals surface area contributed by atoms with Crippen LogP contribution in [-0.2, 0) is 4.79 Å². The van der Waals surface area contributed by atoms with E-state index in [-0.39, 0.29) is 17.7 Å². The summed E-state index contributed by atoms with van der Waals surface area (Å²) in [7, 11) is 0. The Bertz CT molecular complexity index is 807. The minimum atomic E-state index is -0.406. The normalized spacial score (nSPS) is 14.7. The smallest absolute Gasteiger partial charge is 0.269 e. The summed E-state index contributed by atoms with van der Waals surface area (Å²) in [5.41, 5.74) is 6.38. The number of ether oxygens (including phenoxy) is 2. The first kappa shape index (κ1) is 18.8. The molecular weight excluding hydrogens is 344 g/mol. The monoisotopic (exact) mass is 368 g/mol. The number of benzene rings is 2. The van der Waals surface area contributed by atoms with Gasteiger partial charge in [0.1, 0.15) is 13.2 Å². The number of rotatable bonds is 5. The Balaban J connectivity index is 1.67. The molecule has 3 rings (SSSR count). The summed E-state index contributed by atoms with van der Waals surface area (Å²) >= 11 is 0. The number of hydrazine groups is 1. The van der Waals surface area contributed by atoms with Gasteiger partial charge >= 0.3 is 0 Å². The fourth-order valence-corrected chi connectivity index (χ4v) is 3.09. The van der Waals surface area contributed by atoms with Crippen LogP contribution in [0.4, 0.5) is 0 Å². The molecule has 0 aromatic heterocycles. The van der Waals surface area contributed by atoms with Crippen LogP contribution in [0, 0.1) is 5.92 Å². The summed E-state index contributed by atoms with van der Waals surface area (Å²) in [5.74, 6) is 0.304. The van der Waals surface area contributed by atoms with Crippen molar-refractivity contribution in [2.24, 2.45) is 5.92 Å². The summed E-state index contributed by atoms with van der Waals surface area (Å²) in [6, 6.07) is 14.5. The van der Waals surface area contributed by atoms with Crippen molar-refractivity contribution in [3.63, 3.8) is 0 Å². The van der Waals surface area contributed by atoms with Crippen LogP contribution in [0.5, 0.6) is 11.5 Å². The molecule has 0 radical (unpaired) electrons. The third kappa shape index (κ3) is 4.39. The highest BCUT2D eigenvalue weighted by Gasteiger charge is 2.26. The van der Waals surface area contributed by atoms with Gasteiger partial charge in [0.05, 0.1) is 5.92 Å². The van der Waals surface area contributed by atoms with Crippen LogP contribution in [0.1, 0.15) is 42.1 Å². The van der Waals surface area contributed by atoms with Crippen molar-refractivity contribution in [3.05, 3.63) is 59.7 Å². The summed E-state index contributed by atoms with van der Waals surface area (Å²) in [6.07, 6.45) is 0.850. The van der Waals surface area contributed by atoms with Crippen LogP contribution in [0.2, 0.25) is 0 Å². The van der Waals surface area contributed by atoms with Crippen molar-refractivity contribution >= 4 is 11.8 Å². The molecule has 2 unspecified atom stereocenters. The van der Waals surface area contributed by atoms with Gasteiger partial charge in [-0.1, -0.05) is 50.6 Å². The first-order valence-corrected chi connectivity index (χ1v) is 9.15. The molecule has 27 heavy (non-hydrogen) atoms. The number of carbonyl (C=O) groups is 2. The van der Waals surface area contributed by atoms with Gasteiger partial charge in [0.15, 0.2) is 11.5 Å². The molecule has 0 bridgehead atoms. The van der Waals surface area contributed by atoms with Gasteiger partial charge in [0.2, 0.25) is 5.91 Å². The highest BCUT2D eigenvalue weighted by molar-refractivity contribution is 5.96. The Morgan fingerprint density at radius 2 is 1.70 bits per heavy atom. The van der Waals surface area contributed by atoms with Crippen molar-refractivity contribution < 1.29 is 19.1 Å². The Kier molecular flexibility index (Phi) is 5.96. The van der Waals surface area contributed by atoms with E-state index < -0.39 is 5.91 Å². The lowest BCUT2D eigenvalue weighted by Crippen LogP contribution is -2.45. The maximum absolute atomic E-state index is 12.7. The zero-order valence-electron chi connectivity index (χ0n) is 15.5. The van der Waals surface area contributed by atoms with Gasteiger partial charge < -0.3 is 9.47 Å². The van der Waals surface area contributed by atoms with E-state index in [1.807, 2.05) is 44.2 Å².